The SMILES string of the molecule is CC1CC(NCCC2CCOC2)CC(C)O1. The van der Waals surface area contributed by atoms with Gasteiger partial charge < -0.3 is 14.8 Å². The largest absolute Gasteiger partial charge is 0.381 e. The Morgan fingerprint density at radius 3 is 2.56 bits per heavy atom. The Morgan fingerprint density at radius 1 is 1.19 bits per heavy atom. The predicted molar refractivity (Wildman–Crippen MR) is 64.6 cm³/mol. The Morgan fingerprint density at radius 2 is 1.94 bits per heavy atom. The average molecular weight is 227 g/mol. The van der Waals surface area contributed by atoms with E-state index in [9.17, 15) is 0 Å². The van der Waals surface area contributed by atoms with E-state index in [1.165, 1.54) is 12.8 Å². The summed E-state index contributed by atoms with van der Waals surface area (Å²) in [5, 5.41) is 3.67. The summed E-state index contributed by atoms with van der Waals surface area (Å²) >= 11 is 0. The molecule has 0 aromatic rings. The second-order valence-electron chi connectivity index (χ2n) is 5.40. The van der Waals surface area contributed by atoms with Gasteiger partial charge in [0.2, 0.25) is 0 Å². The second-order valence-corrected chi connectivity index (χ2v) is 5.40. The van der Waals surface area contributed by atoms with E-state index in [0.717, 1.165) is 38.5 Å². The average Bonchev–Trinajstić information content (AvgIpc) is 2.69. The van der Waals surface area contributed by atoms with Crippen molar-refractivity contribution in [1.29, 1.82) is 0 Å². The summed E-state index contributed by atoms with van der Waals surface area (Å²) in [6, 6.07) is 0.654. The summed E-state index contributed by atoms with van der Waals surface area (Å²) in [6.07, 6.45) is 5.66. The molecule has 2 rings (SSSR count). The van der Waals surface area contributed by atoms with E-state index in [0.29, 0.717) is 18.2 Å². The first-order valence-electron chi connectivity index (χ1n) is 6.70. The van der Waals surface area contributed by atoms with Gasteiger partial charge >= 0.3 is 0 Å². The van der Waals surface area contributed by atoms with Crippen molar-refractivity contribution in [2.24, 2.45) is 5.92 Å². The summed E-state index contributed by atoms with van der Waals surface area (Å²) in [5.41, 5.74) is 0. The molecule has 3 heteroatoms. The van der Waals surface area contributed by atoms with Crippen molar-refractivity contribution in [2.75, 3.05) is 19.8 Å². The van der Waals surface area contributed by atoms with Crippen molar-refractivity contribution in [1.82, 2.24) is 5.32 Å². The molecule has 2 heterocycles. The van der Waals surface area contributed by atoms with Gasteiger partial charge in [0.15, 0.2) is 0 Å². The molecule has 16 heavy (non-hydrogen) atoms. The summed E-state index contributed by atoms with van der Waals surface area (Å²) in [6.45, 7) is 7.43. The van der Waals surface area contributed by atoms with Crippen LogP contribution >= 0.6 is 0 Å². The maximum Gasteiger partial charge on any atom is 0.0565 e. The number of nitrogens with one attached hydrogen (secondary N) is 1. The van der Waals surface area contributed by atoms with E-state index >= 15 is 0 Å². The Kier molecular flexibility index (Phi) is 4.62. The van der Waals surface area contributed by atoms with Crippen LogP contribution in [-0.4, -0.2) is 38.0 Å². The van der Waals surface area contributed by atoms with Crippen molar-refractivity contribution in [3.8, 4) is 0 Å². The Balaban J connectivity index is 1.61. The molecule has 0 aliphatic carbocycles. The fourth-order valence-electron chi connectivity index (χ4n) is 2.87. The molecule has 3 unspecified atom stereocenters. The number of ether oxygens (including phenoxy) is 2. The van der Waals surface area contributed by atoms with Crippen LogP contribution in [0.25, 0.3) is 0 Å². The summed E-state index contributed by atoms with van der Waals surface area (Å²) in [5.74, 6) is 0.794. The third-order valence-corrected chi connectivity index (χ3v) is 3.71. The van der Waals surface area contributed by atoms with Gasteiger partial charge in [-0.1, -0.05) is 0 Å². The highest BCUT2D eigenvalue weighted by Gasteiger charge is 2.24. The number of hydrogen-bond acceptors (Lipinski definition) is 3. The lowest BCUT2D eigenvalue weighted by Gasteiger charge is -2.32. The lowest BCUT2D eigenvalue weighted by Crippen LogP contribution is -2.41. The molecule has 0 spiro atoms. The molecule has 0 bridgehead atoms. The molecule has 0 aromatic carbocycles. The van der Waals surface area contributed by atoms with Gasteiger partial charge in [-0.15, -0.1) is 0 Å². The molecule has 2 aliphatic rings. The van der Waals surface area contributed by atoms with Crippen molar-refractivity contribution in [3.63, 3.8) is 0 Å². The van der Waals surface area contributed by atoms with Crippen LogP contribution in [-0.2, 0) is 9.47 Å². The van der Waals surface area contributed by atoms with Crippen molar-refractivity contribution < 1.29 is 9.47 Å². The minimum atomic E-state index is 0.413. The van der Waals surface area contributed by atoms with E-state index in [2.05, 4.69) is 19.2 Å². The first-order chi connectivity index (χ1) is 7.74. The van der Waals surface area contributed by atoms with E-state index in [1.54, 1.807) is 0 Å². The van der Waals surface area contributed by atoms with Crippen LogP contribution in [0.4, 0.5) is 0 Å². The minimum Gasteiger partial charge on any atom is -0.381 e. The highest BCUT2D eigenvalue weighted by molar-refractivity contribution is 4.79. The van der Waals surface area contributed by atoms with Gasteiger partial charge in [0.1, 0.15) is 0 Å². The van der Waals surface area contributed by atoms with Crippen molar-refractivity contribution in [3.05, 3.63) is 0 Å². The maximum absolute atomic E-state index is 5.74. The standard InChI is InChI=1S/C13H25NO2/c1-10-7-13(8-11(2)16-10)14-5-3-12-4-6-15-9-12/h10-14H,3-9H2,1-2H3. The zero-order valence-electron chi connectivity index (χ0n) is 10.6. The highest BCUT2D eigenvalue weighted by Crippen LogP contribution is 2.20. The van der Waals surface area contributed by atoms with E-state index in [1.807, 2.05) is 0 Å². The molecule has 2 aliphatic heterocycles. The molecule has 0 radical (unpaired) electrons. The first kappa shape index (κ1) is 12.3. The second kappa shape index (κ2) is 5.99. The summed E-state index contributed by atoms with van der Waals surface area (Å²) in [4.78, 5) is 0. The third kappa shape index (κ3) is 3.72. The lowest BCUT2D eigenvalue weighted by molar-refractivity contribution is -0.0421. The fraction of sp³-hybridized carbons (Fsp3) is 1.00. The third-order valence-electron chi connectivity index (χ3n) is 3.71. The van der Waals surface area contributed by atoms with Crippen LogP contribution in [0.1, 0.15) is 39.5 Å². The first-order valence-corrected chi connectivity index (χ1v) is 6.70. The van der Waals surface area contributed by atoms with Crippen LogP contribution in [0.3, 0.4) is 0 Å². The Bertz CT molecular complexity index is 194. The van der Waals surface area contributed by atoms with Crippen LogP contribution in [0.15, 0.2) is 0 Å². The zero-order valence-corrected chi connectivity index (χ0v) is 10.6. The van der Waals surface area contributed by atoms with Crippen LogP contribution < -0.4 is 5.32 Å². The Hall–Kier alpha value is -0.120. The molecule has 0 aromatic heterocycles. The monoisotopic (exact) mass is 227 g/mol. The molecule has 1 N–H and O–H groups in total. The number of rotatable bonds is 4. The predicted octanol–water partition coefficient (Wildman–Crippen LogP) is 1.96. The minimum absolute atomic E-state index is 0.413. The molecule has 2 saturated heterocycles. The fourth-order valence-corrected chi connectivity index (χ4v) is 2.87. The Labute approximate surface area is 98.9 Å². The van der Waals surface area contributed by atoms with Gasteiger partial charge in [-0.2, -0.15) is 0 Å². The molecular formula is C13H25NO2. The normalized spacial score (nSPS) is 40.1. The molecular weight excluding hydrogens is 202 g/mol. The highest BCUT2D eigenvalue weighted by atomic mass is 16.5. The van der Waals surface area contributed by atoms with Crippen molar-refractivity contribution >= 4 is 0 Å². The summed E-state index contributed by atoms with van der Waals surface area (Å²) in [7, 11) is 0. The van der Waals surface area contributed by atoms with Crippen LogP contribution in [0.2, 0.25) is 0 Å². The van der Waals surface area contributed by atoms with E-state index in [-0.39, 0.29) is 0 Å². The smallest absolute Gasteiger partial charge is 0.0565 e. The summed E-state index contributed by atoms with van der Waals surface area (Å²) < 4.78 is 11.1. The van der Waals surface area contributed by atoms with Gasteiger partial charge in [-0.3, -0.25) is 0 Å². The molecule has 3 atom stereocenters. The lowest BCUT2D eigenvalue weighted by atomic mass is 9.99. The molecule has 0 saturated carbocycles. The maximum atomic E-state index is 5.74. The van der Waals surface area contributed by atoms with Crippen LogP contribution in [0, 0.1) is 5.92 Å². The number of hydrogen-bond donors (Lipinski definition) is 1. The van der Waals surface area contributed by atoms with Gasteiger partial charge in [0.25, 0.3) is 0 Å². The van der Waals surface area contributed by atoms with Gasteiger partial charge in [0.05, 0.1) is 12.2 Å². The van der Waals surface area contributed by atoms with Crippen LogP contribution in [0.5, 0.6) is 0 Å². The molecule has 3 nitrogen and oxygen atoms in total. The topological polar surface area (TPSA) is 30.5 Å². The quantitative estimate of drug-likeness (QED) is 0.796. The zero-order chi connectivity index (χ0) is 11.4. The van der Waals surface area contributed by atoms with Gasteiger partial charge in [-0.25, -0.2) is 0 Å². The van der Waals surface area contributed by atoms with Crippen molar-refractivity contribution in [2.45, 2.75) is 57.8 Å². The molecule has 2 fully saturated rings. The van der Waals surface area contributed by atoms with Gasteiger partial charge in [0, 0.05) is 19.3 Å². The molecule has 94 valence electrons. The molecule has 0 amide bonds. The van der Waals surface area contributed by atoms with E-state index in [4.69, 9.17) is 9.47 Å². The van der Waals surface area contributed by atoms with Gasteiger partial charge in [-0.05, 0) is 52.0 Å². The van der Waals surface area contributed by atoms with E-state index < -0.39 is 0 Å².